The van der Waals surface area contributed by atoms with Crippen molar-refractivity contribution >= 4 is 15.2 Å². The van der Waals surface area contributed by atoms with Crippen LogP contribution in [0.4, 0.5) is 0 Å². The van der Waals surface area contributed by atoms with Crippen LogP contribution in [-0.4, -0.2) is 25.0 Å². The van der Waals surface area contributed by atoms with Crippen LogP contribution in [-0.2, 0) is 9.13 Å². The first kappa shape index (κ1) is 15.3. The van der Waals surface area contributed by atoms with Crippen LogP contribution in [0.15, 0.2) is 0 Å². The van der Waals surface area contributed by atoms with Gasteiger partial charge in [-0.05, 0) is 19.3 Å². The Morgan fingerprint density at radius 3 is 1.87 bits per heavy atom. The van der Waals surface area contributed by atoms with Gasteiger partial charge < -0.3 is 19.6 Å². The van der Waals surface area contributed by atoms with Gasteiger partial charge in [0.2, 0.25) is 0 Å². The van der Waals surface area contributed by atoms with Crippen molar-refractivity contribution in [2.75, 3.05) is 0 Å². The highest BCUT2D eigenvalue weighted by Gasteiger charge is 2.42. The van der Waals surface area contributed by atoms with Gasteiger partial charge in [-0.1, -0.05) is 19.8 Å². The Hall–Kier alpha value is 0.300. The van der Waals surface area contributed by atoms with E-state index in [1.807, 2.05) is 6.92 Å². The van der Waals surface area contributed by atoms with Crippen molar-refractivity contribution in [1.29, 1.82) is 0 Å². The molecule has 15 heavy (non-hydrogen) atoms. The van der Waals surface area contributed by atoms with Gasteiger partial charge in [-0.25, -0.2) is 0 Å². The lowest BCUT2D eigenvalue weighted by molar-refractivity contribution is 0.335. The largest absolute Gasteiger partial charge is 0.340 e. The van der Waals surface area contributed by atoms with E-state index in [9.17, 15) is 9.13 Å². The van der Waals surface area contributed by atoms with Crippen LogP contribution in [0.3, 0.4) is 0 Å². The maximum Gasteiger partial charge on any atom is 0.340 e. The van der Waals surface area contributed by atoms with Crippen LogP contribution < -0.4 is 0 Å². The summed E-state index contributed by atoms with van der Waals surface area (Å²) in [5.41, 5.74) is 0. The van der Waals surface area contributed by atoms with Gasteiger partial charge in [0.25, 0.3) is 0 Å². The Morgan fingerprint density at radius 2 is 1.53 bits per heavy atom. The molecule has 0 aromatic heterocycles. The van der Waals surface area contributed by atoms with E-state index >= 15 is 0 Å². The molecule has 0 saturated carbocycles. The molecule has 0 aromatic rings. The number of hydrogen-bond donors (Lipinski definition) is 4. The molecule has 0 unspecified atom stereocenters. The molecule has 0 aromatic carbocycles. The van der Waals surface area contributed by atoms with Crippen molar-refractivity contribution in [3.63, 3.8) is 0 Å². The van der Waals surface area contributed by atoms with Gasteiger partial charge in [0.1, 0.15) is 0 Å². The minimum absolute atomic E-state index is 0.186. The fourth-order valence-corrected chi connectivity index (χ4v) is 3.69. The van der Waals surface area contributed by atoms with Crippen molar-refractivity contribution in [2.24, 2.45) is 0 Å². The third-order valence-corrected chi connectivity index (χ3v) is 5.77. The zero-order chi connectivity index (χ0) is 12.1. The first-order valence-corrected chi connectivity index (χ1v) is 7.98. The second-order valence-corrected chi connectivity index (χ2v) is 7.32. The summed E-state index contributed by atoms with van der Waals surface area (Å²) in [5.74, 6) is 0. The molecule has 1 radical (unpaired) electrons. The van der Waals surface area contributed by atoms with Crippen LogP contribution in [0.25, 0.3) is 0 Å². The molecule has 0 aliphatic rings. The van der Waals surface area contributed by atoms with E-state index in [0.29, 0.717) is 6.42 Å². The summed E-state index contributed by atoms with van der Waals surface area (Å²) in [6.07, 6.45) is 3.56. The molecule has 8 heteroatoms. The molecule has 4 N–H and O–H groups in total. The quantitative estimate of drug-likeness (QED) is 0.406. The first-order valence-electron chi connectivity index (χ1n) is 4.61. The van der Waals surface area contributed by atoms with E-state index in [0.717, 1.165) is 12.8 Å². The summed E-state index contributed by atoms with van der Waals surface area (Å²) in [6, 6.07) is 0. The average Bonchev–Trinajstić information content (AvgIpc) is 1.99. The summed E-state index contributed by atoms with van der Waals surface area (Å²) in [6.45, 7) is 1.94. The van der Waals surface area contributed by atoms with Crippen LogP contribution >= 0.6 is 15.2 Å². The van der Waals surface area contributed by atoms with Gasteiger partial charge in [-0.15, -0.1) is 0 Å². The third kappa shape index (κ3) is 6.46. The summed E-state index contributed by atoms with van der Waals surface area (Å²) >= 11 is 0. The van der Waals surface area contributed by atoms with Gasteiger partial charge >= 0.3 is 15.2 Å². The van der Waals surface area contributed by atoms with E-state index in [1.165, 1.54) is 0 Å². The fourth-order valence-electron chi connectivity index (χ4n) is 1.15. The molecule has 0 atom stereocenters. The molecule has 0 aliphatic carbocycles. The zero-order valence-electron chi connectivity index (χ0n) is 8.48. The molecule has 0 spiro atoms. The normalized spacial score (nSPS) is 13.5. The first-order chi connectivity index (χ1) is 6.69. The zero-order valence-corrected chi connectivity index (χ0v) is 10.3. The lowest BCUT2D eigenvalue weighted by Gasteiger charge is -2.19. The van der Waals surface area contributed by atoms with E-state index < -0.39 is 20.6 Å². The van der Waals surface area contributed by atoms with Crippen LogP contribution in [0, 0.1) is 6.42 Å². The monoisotopic (exact) mass is 259 g/mol. The van der Waals surface area contributed by atoms with Gasteiger partial charge in [0, 0.05) is 0 Å². The lowest BCUT2D eigenvalue weighted by atomic mass is 10.2. The minimum atomic E-state index is -4.73. The molecular formula is C7H17O6P2. The summed E-state index contributed by atoms with van der Waals surface area (Å²) < 4.78 is 21.7. The van der Waals surface area contributed by atoms with Crippen LogP contribution in [0.5, 0.6) is 0 Å². The Kier molecular flexibility index (Phi) is 6.26. The molecule has 0 rings (SSSR count). The minimum Gasteiger partial charge on any atom is -0.324 e. The number of unbranched alkanes of at least 4 members (excludes halogenated alkanes) is 3. The van der Waals surface area contributed by atoms with Crippen LogP contribution in [0.2, 0.25) is 0 Å². The van der Waals surface area contributed by atoms with Gasteiger partial charge in [-0.3, -0.25) is 9.13 Å². The summed E-state index contributed by atoms with van der Waals surface area (Å²) in [5, 5.41) is -1.86. The molecule has 0 amide bonds. The summed E-state index contributed by atoms with van der Waals surface area (Å²) in [4.78, 5) is 35.1. The topological polar surface area (TPSA) is 115 Å². The Labute approximate surface area is 89.0 Å². The standard InChI is InChI=1S/C7H17O6P2/c1-2-3-4-5-6-7(14(8,9)10)15(11,12)13/h4,7H,2-3,5-6H2,1H3,(H2,8,9,10)(H2,11,12,13). The Bertz CT molecular complexity index is 245. The molecular weight excluding hydrogens is 242 g/mol. The van der Waals surface area contributed by atoms with Crippen molar-refractivity contribution in [2.45, 2.75) is 38.0 Å². The van der Waals surface area contributed by atoms with Crippen molar-refractivity contribution in [3.05, 3.63) is 6.42 Å². The van der Waals surface area contributed by atoms with E-state index in [-0.39, 0.29) is 6.42 Å². The highest BCUT2D eigenvalue weighted by Crippen LogP contribution is 2.61. The smallest absolute Gasteiger partial charge is 0.324 e. The predicted molar refractivity (Wildman–Crippen MR) is 56.3 cm³/mol. The second kappa shape index (κ2) is 6.14. The number of hydrogen-bond acceptors (Lipinski definition) is 2. The fraction of sp³-hybridized carbons (Fsp3) is 0.857. The molecule has 0 aliphatic heterocycles. The lowest BCUT2D eigenvalue weighted by Crippen LogP contribution is -2.09. The van der Waals surface area contributed by atoms with Crippen molar-refractivity contribution in [1.82, 2.24) is 0 Å². The molecule has 6 nitrogen and oxygen atoms in total. The average molecular weight is 259 g/mol. The molecule has 91 valence electrons. The maximum absolute atomic E-state index is 10.8. The molecule has 0 saturated heterocycles. The maximum atomic E-state index is 10.8. The van der Waals surface area contributed by atoms with E-state index in [2.05, 4.69) is 0 Å². The molecule has 0 fully saturated rings. The van der Waals surface area contributed by atoms with Crippen molar-refractivity contribution < 1.29 is 28.7 Å². The van der Waals surface area contributed by atoms with Gasteiger partial charge in [0.15, 0.2) is 5.40 Å². The van der Waals surface area contributed by atoms with E-state index in [1.54, 1.807) is 6.42 Å². The van der Waals surface area contributed by atoms with Crippen molar-refractivity contribution in [3.8, 4) is 0 Å². The Morgan fingerprint density at radius 1 is 1.07 bits per heavy atom. The van der Waals surface area contributed by atoms with Gasteiger partial charge in [0.05, 0.1) is 0 Å². The predicted octanol–water partition coefficient (Wildman–Crippen LogP) is 1.45. The highest BCUT2D eigenvalue weighted by atomic mass is 31.2. The second-order valence-electron chi connectivity index (χ2n) is 3.31. The SMILES string of the molecule is CCC[CH]CCC(P(=O)(O)O)P(=O)(O)O. The molecule has 0 bridgehead atoms. The molecule has 0 heterocycles. The van der Waals surface area contributed by atoms with E-state index in [4.69, 9.17) is 19.6 Å². The highest BCUT2D eigenvalue weighted by molar-refractivity contribution is 7.70. The summed E-state index contributed by atoms with van der Waals surface area (Å²) in [7, 11) is -9.46. The van der Waals surface area contributed by atoms with Crippen LogP contribution in [0.1, 0.15) is 32.6 Å². The Balaban J connectivity index is 4.30. The number of rotatable bonds is 7. The van der Waals surface area contributed by atoms with Gasteiger partial charge in [-0.2, -0.15) is 0 Å². The third-order valence-electron chi connectivity index (χ3n) is 1.90.